The number of hydrogen-bond acceptors (Lipinski definition) is 4. The molecule has 1 rings (SSSR count). The molecule has 5 nitrogen and oxygen atoms in total. The van der Waals surface area contributed by atoms with E-state index in [1.807, 2.05) is 0 Å². The van der Waals surface area contributed by atoms with Crippen LogP contribution >= 0.6 is 0 Å². The molecule has 0 saturated heterocycles. The summed E-state index contributed by atoms with van der Waals surface area (Å²) in [4.78, 5) is 3.95. The zero-order chi connectivity index (χ0) is 7.40. The maximum atomic E-state index is 5.28. The average molecular weight is 142 g/mol. The van der Waals surface area contributed by atoms with Gasteiger partial charge < -0.3 is 10.5 Å². The van der Waals surface area contributed by atoms with Crippen LogP contribution in [0.25, 0.3) is 0 Å². The monoisotopic (exact) mass is 142 g/mol. The van der Waals surface area contributed by atoms with Crippen molar-refractivity contribution in [2.24, 2.45) is 5.73 Å². The van der Waals surface area contributed by atoms with Crippen LogP contribution in [0.15, 0.2) is 0 Å². The first-order valence-electron chi connectivity index (χ1n) is 3.02. The SMILES string of the molecule is COc1n[nH]c(CCN)n1. The van der Waals surface area contributed by atoms with Crippen molar-refractivity contribution in [1.82, 2.24) is 15.2 Å². The Kier molecular flexibility index (Phi) is 2.22. The van der Waals surface area contributed by atoms with E-state index in [-0.39, 0.29) is 0 Å². The molecule has 0 aliphatic rings. The van der Waals surface area contributed by atoms with Crippen LogP contribution in [0.3, 0.4) is 0 Å². The number of aromatic amines is 1. The van der Waals surface area contributed by atoms with Gasteiger partial charge in [-0.15, -0.1) is 5.10 Å². The highest BCUT2D eigenvalue weighted by Gasteiger charge is 1.99. The summed E-state index contributed by atoms with van der Waals surface area (Å²) in [5, 5.41) is 6.43. The standard InChI is InChI=1S/C5H10N4O/c1-10-5-7-4(2-3-6)8-9-5/h2-3,6H2,1H3,(H,7,8,9). The van der Waals surface area contributed by atoms with Crippen LogP contribution in [0.4, 0.5) is 0 Å². The normalized spacial score (nSPS) is 9.80. The predicted octanol–water partition coefficient (Wildman–Crippen LogP) is -0.685. The van der Waals surface area contributed by atoms with Crippen molar-refractivity contribution in [3.05, 3.63) is 5.82 Å². The molecule has 0 amide bonds. The van der Waals surface area contributed by atoms with E-state index in [0.717, 1.165) is 5.82 Å². The maximum Gasteiger partial charge on any atom is 0.335 e. The van der Waals surface area contributed by atoms with Gasteiger partial charge in [0.1, 0.15) is 5.82 Å². The lowest BCUT2D eigenvalue weighted by atomic mass is 10.4. The van der Waals surface area contributed by atoms with Crippen molar-refractivity contribution < 1.29 is 4.74 Å². The Morgan fingerprint density at radius 3 is 3.00 bits per heavy atom. The minimum absolute atomic E-state index is 0.364. The lowest BCUT2D eigenvalue weighted by Gasteiger charge is -1.86. The Bertz CT molecular complexity index is 197. The lowest BCUT2D eigenvalue weighted by Crippen LogP contribution is -2.03. The van der Waals surface area contributed by atoms with E-state index in [1.165, 1.54) is 7.11 Å². The molecule has 0 fully saturated rings. The van der Waals surface area contributed by atoms with Gasteiger partial charge in [0.2, 0.25) is 0 Å². The largest absolute Gasteiger partial charge is 0.466 e. The number of H-pyrrole nitrogens is 1. The van der Waals surface area contributed by atoms with E-state index in [2.05, 4.69) is 15.2 Å². The van der Waals surface area contributed by atoms with Crippen LogP contribution in [0.5, 0.6) is 6.01 Å². The Morgan fingerprint density at radius 1 is 1.70 bits per heavy atom. The van der Waals surface area contributed by atoms with Crippen LogP contribution < -0.4 is 10.5 Å². The first kappa shape index (κ1) is 7.01. The van der Waals surface area contributed by atoms with Crippen LogP contribution in [-0.2, 0) is 6.42 Å². The molecule has 5 heteroatoms. The number of nitrogens with two attached hydrogens (primary N) is 1. The van der Waals surface area contributed by atoms with E-state index < -0.39 is 0 Å². The molecule has 0 saturated carbocycles. The fraction of sp³-hybridized carbons (Fsp3) is 0.600. The molecular weight excluding hydrogens is 132 g/mol. The average Bonchev–Trinajstić information content (AvgIpc) is 2.37. The maximum absolute atomic E-state index is 5.28. The molecule has 0 radical (unpaired) electrons. The van der Waals surface area contributed by atoms with Crippen molar-refractivity contribution in [1.29, 1.82) is 0 Å². The van der Waals surface area contributed by atoms with E-state index >= 15 is 0 Å². The van der Waals surface area contributed by atoms with Gasteiger partial charge in [0.05, 0.1) is 7.11 Å². The third-order valence-electron chi connectivity index (χ3n) is 1.07. The smallest absolute Gasteiger partial charge is 0.335 e. The molecule has 0 aliphatic heterocycles. The quantitative estimate of drug-likeness (QED) is 0.586. The number of methoxy groups -OCH3 is 1. The summed E-state index contributed by atoms with van der Waals surface area (Å²) in [6.07, 6.45) is 0.705. The first-order valence-corrected chi connectivity index (χ1v) is 3.02. The first-order chi connectivity index (χ1) is 4.86. The molecule has 0 aromatic carbocycles. The predicted molar refractivity (Wildman–Crippen MR) is 35.7 cm³/mol. The molecule has 0 spiro atoms. The third-order valence-corrected chi connectivity index (χ3v) is 1.07. The molecular formula is C5H10N4O. The fourth-order valence-corrected chi connectivity index (χ4v) is 0.618. The summed E-state index contributed by atoms with van der Waals surface area (Å²) in [6.45, 7) is 0.568. The van der Waals surface area contributed by atoms with Crippen LogP contribution in [0.1, 0.15) is 5.82 Å². The molecule has 0 bridgehead atoms. The molecule has 1 aromatic heterocycles. The van der Waals surface area contributed by atoms with Gasteiger partial charge in [-0.1, -0.05) is 0 Å². The van der Waals surface area contributed by atoms with Gasteiger partial charge in [-0.25, -0.2) is 0 Å². The third kappa shape index (κ3) is 1.44. The minimum atomic E-state index is 0.364. The lowest BCUT2D eigenvalue weighted by molar-refractivity contribution is 0.381. The zero-order valence-electron chi connectivity index (χ0n) is 5.79. The number of rotatable bonds is 3. The number of nitrogens with zero attached hydrogens (tertiary/aromatic N) is 2. The van der Waals surface area contributed by atoms with Gasteiger partial charge in [0, 0.05) is 6.42 Å². The Hall–Kier alpha value is -1.10. The van der Waals surface area contributed by atoms with Gasteiger partial charge in [-0.3, -0.25) is 5.10 Å². The Labute approximate surface area is 58.6 Å². The topological polar surface area (TPSA) is 76.8 Å². The van der Waals surface area contributed by atoms with Crippen molar-refractivity contribution in [3.8, 4) is 6.01 Å². The second-order valence-electron chi connectivity index (χ2n) is 1.81. The molecule has 10 heavy (non-hydrogen) atoms. The highest BCUT2D eigenvalue weighted by atomic mass is 16.5. The second-order valence-corrected chi connectivity index (χ2v) is 1.81. The van der Waals surface area contributed by atoms with Gasteiger partial charge in [-0.05, 0) is 6.54 Å². The Morgan fingerprint density at radius 2 is 2.50 bits per heavy atom. The zero-order valence-corrected chi connectivity index (χ0v) is 5.79. The Balaban J connectivity index is 2.59. The van der Waals surface area contributed by atoms with Gasteiger partial charge in [0.25, 0.3) is 0 Å². The molecule has 1 heterocycles. The second kappa shape index (κ2) is 3.17. The summed E-state index contributed by atoms with van der Waals surface area (Å²) in [6, 6.07) is 0.364. The van der Waals surface area contributed by atoms with Crippen molar-refractivity contribution in [2.45, 2.75) is 6.42 Å². The molecule has 0 aliphatic carbocycles. The molecule has 1 aromatic rings. The van der Waals surface area contributed by atoms with E-state index in [4.69, 9.17) is 10.5 Å². The highest BCUT2D eigenvalue weighted by molar-refractivity contribution is 4.94. The van der Waals surface area contributed by atoms with E-state index in [1.54, 1.807) is 0 Å². The minimum Gasteiger partial charge on any atom is -0.466 e. The van der Waals surface area contributed by atoms with Gasteiger partial charge >= 0.3 is 6.01 Å². The van der Waals surface area contributed by atoms with Crippen LogP contribution in [0.2, 0.25) is 0 Å². The fourth-order valence-electron chi connectivity index (χ4n) is 0.618. The number of ether oxygens (including phenoxy) is 1. The summed E-state index contributed by atoms with van der Waals surface area (Å²) in [5.41, 5.74) is 5.28. The van der Waals surface area contributed by atoms with Crippen molar-refractivity contribution >= 4 is 0 Å². The molecule has 0 atom stereocenters. The van der Waals surface area contributed by atoms with Gasteiger partial charge in [0.15, 0.2) is 0 Å². The highest BCUT2D eigenvalue weighted by Crippen LogP contribution is 1.98. The summed E-state index contributed by atoms with van der Waals surface area (Å²) < 4.78 is 4.75. The summed E-state index contributed by atoms with van der Waals surface area (Å²) in [5.74, 6) is 0.763. The van der Waals surface area contributed by atoms with E-state index in [0.29, 0.717) is 19.0 Å². The van der Waals surface area contributed by atoms with Crippen LogP contribution in [-0.4, -0.2) is 28.8 Å². The molecule has 0 unspecified atom stereocenters. The van der Waals surface area contributed by atoms with Crippen molar-refractivity contribution in [2.75, 3.05) is 13.7 Å². The summed E-state index contributed by atoms with van der Waals surface area (Å²) >= 11 is 0. The summed E-state index contributed by atoms with van der Waals surface area (Å²) in [7, 11) is 1.52. The van der Waals surface area contributed by atoms with Gasteiger partial charge in [-0.2, -0.15) is 4.98 Å². The van der Waals surface area contributed by atoms with Crippen LogP contribution in [0, 0.1) is 0 Å². The van der Waals surface area contributed by atoms with Crippen molar-refractivity contribution in [3.63, 3.8) is 0 Å². The number of hydrogen-bond donors (Lipinski definition) is 2. The van der Waals surface area contributed by atoms with E-state index in [9.17, 15) is 0 Å². The molecule has 3 N–H and O–H groups in total. The molecule has 56 valence electrons. The number of nitrogens with one attached hydrogen (secondary N) is 1. The number of aromatic nitrogens is 3.